The molecule has 0 unspecified atom stereocenters. The lowest BCUT2D eigenvalue weighted by molar-refractivity contribution is -0.122. The maximum atomic E-state index is 13.1. The van der Waals surface area contributed by atoms with Crippen molar-refractivity contribution < 1.29 is 19.1 Å². The number of aryl methyl sites for hydroxylation is 2. The zero-order chi connectivity index (χ0) is 21.1. The molecule has 1 saturated heterocycles. The number of hydrogen-bond acceptors (Lipinski definition) is 4. The predicted octanol–water partition coefficient (Wildman–Crippen LogP) is 4.30. The van der Waals surface area contributed by atoms with E-state index in [1.165, 1.54) is 6.08 Å². The van der Waals surface area contributed by atoms with Crippen LogP contribution < -0.4 is 15.0 Å². The number of barbiturate groups is 1. The molecule has 3 rings (SSSR count). The number of imide groups is 2. The Hall–Kier alpha value is -3.19. The highest BCUT2D eigenvalue weighted by Crippen LogP contribution is 2.29. The standard InChI is InChI=1S/C22H19BrN2O4/c1-4-9-29-19-8-7-16(23)11-15(19)12-17-20(26)24-22(28)25(21(17)27)18-10-13(2)5-6-14(18)3/h4-8,10-12H,1,9H2,2-3H3,(H,24,26,28)/b17-12+. The van der Waals surface area contributed by atoms with Crippen LogP contribution in [-0.4, -0.2) is 24.5 Å². The second-order valence-electron chi connectivity index (χ2n) is 6.53. The van der Waals surface area contributed by atoms with Crippen LogP contribution in [0.3, 0.4) is 0 Å². The van der Waals surface area contributed by atoms with Gasteiger partial charge < -0.3 is 4.74 Å². The van der Waals surface area contributed by atoms with Crippen molar-refractivity contribution in [2.24, 2.45) is 0 Å². The SMILES string of the molecule is C=CCOc1ccc(Br)cc1/C=C1\C(=O)NC(=O)N(c2cc(C)ccc2C)C1=O. The maximum absolute atomic E-state index is 13.1. The summed E-state index contributed by atoms with van der Waals surface area (Å²) in [5.41, 5.74) is 2.43. The van der Waals surface area contributed by atoms with Crippen LogP contribution in [0.5, 0.6) is 5.75 Å². The summed E-state index contributed by atoms with van der Waals surface area (Å²) in [6, 6.07) is 9.90. The number of benzene rings is 2. The Bertz CT molecular complexity index is 1060. The molecule has 0 aromatic heterocycles. The molecule has 29 heavy (non-hydrogen) atoms. The third kappa shape index (κ3) is 4.30. The molecule has 148 valence electrons. The van der Waals surface area contributed by atoms with Gasteiger partial charge in [0.15, 0.2) is 0 Å². The number of halogens is 1. The van der Waals surface area contributed by atoms with Crippen LogP contribution in [-0.2, 0) is 9.59 Å². The Balaban J connectivity index is 2.08. The van der Waals surface area contributed by atoms with Crippen molar-refractivity contribution in [3.8, 4) is 5.75 Å². The number of carbonyl (C=O) groups is 3. The minimum absolute atomic E-state index is 0.160. The average Bonchev–Trinajstić information content (AvgIpc) is 2.67. The summed E-state index contributed by atoms with van der Waals surface area (Å²) in [5, 5.41) is 2.24. The van der Waals surface area contributed by atoms with E-state index in [1.54, 1.807) is 37.3 Å². The quantitative estimate of drug-likeness (QED) is 0.415. The third-order valence-corrected chi connectivity index (χ3v) is 4.83. The molecular formula is C22H19BrN2O4. The molecule has 4 amide bonds. The van der Waals surface area contributed by atoms with E-state index in [-0.39, 0.29) is 12.2 Å². The van der Waals surface area contributed by atoms with E-state index in [0.29, 0.717) is 17.0 Å². The van der Waals surface area contributed by atoms with Crippen molar-refractivity contribution in [2.75, 3.05) is 11.5 Å². The molecule has 1 N–H and O–H groups in total. The highest BCUT2D eigenvalue weighted by atomic mass is 79.9. The number of amides is 4. The van der Waals surface area contributed by atoms with Gasteiger partial charge in [0, 0.05) is 10.0 Å². The number of anilines is 1. The minimum atomic E-state index is -0.775. The summed E-state index contributed by atoms with van der Waals surface area (Å²) < 4.78 is 6.37. The van der Waals surface area contributed by atoms with Crippen LogP contribution in [0.15, 0.2) is 59.1 Å². The topological polar surface area (TPSA) is 75.7 Å². The summed E-state index contributed by atoms with van der Waals surface area (Å²) >= 11 is 3.38. The van der Waals surface area contributed by atoms with Crippen LogP contribution in [0.1, 0.15) is 16.7 Å². The smallest absolute Gasteiger partial charge is 0.335 e. The number of hydrogen-bond donors (Lipinski definition) is 1. The lowest BCUT2D eigenvalue weighted by Crippen LogP contribution is -2.54. The van der Waals surface area contributed by atoms with Crippen LogP contribution in [0.4, 0.5) is 10.5 Å². The molecule has 0 radical (unpaired) electrons. The van der Waals surface area contributed by atoms with Gasteiger partial charge in [-0.15, -0.1) is 0 Å². The van der Waals surface area contributed by atoms with Crippen molar-refractivity contribution in [3.63, 3.8) is 0 Å². The van der Waals surface area contributed by atoms with Crippen LogP contribution in [0.2, 0.25) is 0 Å². The zero-order valence-electron chi connectivity index (χ0n) is 16.0. The fourth-order valence-electron chi connectivity index (χ4n) is 2.90. The van der Waals surface area contributed by atoms with Crippen LogP contribution >= 0.6 is 15.9 Å². The van der Waals surface area contributed by atoms with Gasteiger partial charge in [-0.2, -0.15) is 0 Å². The molecule has 6 nitrogen and oxygen atoms in total. The van der Waals surface area contributed by atoms with Gasteiger partial charge in [-0.05, 0) is 55.3 Å². The molecule has 1 aliphatic rings. The van der Waals surface area contributed by atoms with Gasteiger partial charge in [-0.1, -0.05) is 40.7 Å². The zero-order valence-corrected chi connectivity index (χ0v) is 17.6. The number of nitrogens with zero attached hydrogens (tertiary/aromatic N) is 1. The van der Waals surface area contributed by atoms with E-state index in [0.717, 1.165) is 20.5 Å². The van der Waals surface area contributed by atoms with E-state index >= 15 is 0 Å². The molecule has 0 spiro atoms. The Morgan fingerprint density at radius 3 is 2.62 bits per heavy atom. The second-order valence-corrected chi connectivity index (χ2v) is 7.45. The molecule has 2 aromatic rings. The van der Waals surface area contributed by atoms with Crippen molar-refractivity contribution in [1.82, 2.24) is 5.32 Å². The second kappa shape index (κ2) is 8.45. The summed E-state index contributed by atoms with van der Waals surface area (Å²) in [4.78, 5) is 39.0. The Kier molecular flexibility index (Phi) is 5.98. The Labute approximate surface area is 177 Å². The average molecular weight is 455 g/mol. The largest absolute Gasteiger partial charge is 0.489 e. The first kappa shape index (κ1) is 20.5. The van der Waals surface area contributed by atoms with Gasteiger partial charge in [-0.3, -0.25) is 14.9 Å². The Morgan fingerprint density at radius 2 is 1.90 bits per heavy atom. The van der Waals surface area contributed by atoms with Gasteiger partial charge in [-0.25, -0.2) is 9.69 Å². The molecule has 0 aliphatic carbocycles. The first-order valence-electron chi connectivity index (χ1n) is 8.83. The van der Waals surface area contributed by atoms with Gasteiger partial charge in [0.25, 0.3) is 11.8 Å². The fourth-order valence-corrected chi connectivity index (χ4v) is 3.28. The first-order chi connectivity index (χ1) is 13.8. The van der Waals surface area contributed by atoms with Gasteiger partial charge >= 0.3 is 6.03 Å². The molecular weight excluding hydrogens is 436 g/mol. The summed E-state index contributed by atoms with van der Waals surface area (Å²) in [7, 11) is 0. The van der Waals surface area contributed by atoms with Gasteiger partial charge in [0.2, 0.25) is 0 Å². The molecule has 0 atom stereocenters. The third-order valence-electron chi connectivity index (χ3n) is 4.34. The van der Waals surface area contributed by atoms with Crippen LogP contribution in [0, 0.1) is 13.8 Å². The number of ether oxygens (including phenoxy) is 1. The highest BCUT2D eigenvalue weighted by molar-refractivity contribution is 9.10. The van der Waals surface area contributed by atoms with E-state index < -0.39 is 17.8 Å². The van der Waals surface area contributed by atoms with E-state index in [1.807, 2.05) is 19.1 Å². The number of urea groups is 1. The predicted molar refractivity (Wildman–Crippen MR) is 115 cm³/mol. The molecule has 1 aliphatic heterocycles. The molecule has 1 fully saturated rings. The van der Waals surface area contributed by atoms with Crippen molar-refractivity contribution in [2.45, 2.75) is 13.8 Å². The minimum Gasteiger partial charge on any atom is -0.489 e. The van der Waals surface area contributed by atoms with Gasteiger partial charge in [0.1, 0.15) is 17.9 Å². The summed E-state index contributed by atoms with van der Waals surface area (Å²) in [6.45, 7) is 7.55. The first-order valence-corrected chi connectivity index (χ1v) is 9.63. The van der Waals surface area contributed by atoms with Crippen LogP contribution in [0.25, 0.3) is 6.08 Å². The lowest BCUT2D eigenvalue weighted by atomic mass is 10.0. The summed E-state index contributed by atoms with van der Waals surface area (Å²) in [6.07, 6.45) is 3.02. The lowest BCUT2D eigenvalue weighted by Gasteiger charge is -2.28. The normalized spacial score (nSPS) is 15.5. The van der Waals surface area contributed by atoms with E-state index in [2.05, 4.69) is 27.8 Å². The highest BCUT2D eigenvalue weighted by Gasteiger charge is 2.37. The van der Waals surface area contributed by atoms with Crippen molar-refractivity contribution >= 4 is 45.5 Å². The molecule has 7 heteroatoms. The Morgan fingerprint density at radius 1 is 1.14 bits per heavy atom. The fraction of sp³-hybridized carbons (Fsp3) is 0.136. The van der Waals surface area contributed by atoms with E-state index in [4.69, 9.17) is 4.74 Å². The summed E-state index contributed by atoms with van der Waals surface area (Å²) in [5.74, 6) is -0.963. The maximum Gasteiger partial charge on any atom is 0.335 e. The number of carbonyl (C=O) groups excluding carboxylic acids is 3. The van der Waals surface area contributed by atoms with Crippen molar-refractivity contribution in [3.05, 3.63) is 75.8 Å². The number of rotatable bonds is 5. The molecule has 0 saturated carbocycles. The van der Waals surface area contributed by atoms with Crippen molar-refractivity contribution in [1.29, 1.82) is 0 Å². The molecule has 0 bridgehead atoms. The monoisotopic (exact) mass is 454 g/mol. The number of nitrogens with one attached hydrogen (secondary N) is 1. The molecule has 2 aromatic carbocycles. The van der Waals surface area contributed by atoms with Gasteiger partial charge in [0.05, 0.1) is 5.69 Å². The van der Waals surface area contributed by atoms with E-state index in [9.17, 15) is 14.4 Å². The molecule has 1 heterocycles.